The molecule has 0 saturated heterocycles. The monoisotopic (exact) mass is 384 g/mol. The summed E-state index contributed by atoms with van der Waals surface area (Å²) in [6, 6.07) is 4.01. The summed E-state index contributed by atoms with van der Waals surface area (Å²) in [6.07, 6.45) is 2.07. The first-order valence-corrected chi connectivity index (χ1v) is 10.4. The summed E-state index contributed by atoms with van der Waals surface area (Å²) in [6.45, 7) is 13.4. The number of thiophene rings is 1. The van der Waals surface area contributed by atoms with Gasteiger partial charge in [0.1, 0.15) is 6.61 Å². The largest absolute Gasteiger partial charge is 0.463 e. The van der Waals surface area contributed by atoms with E-state index in [0.29, 0.717) is 24.7 Å². The molecule has 0 unspecified atom stereocenters. The molecular formula is C19H34N3O3S+. The number of rotatable bonds is 12. The summed E-state index contributed by atoms with van der Waals surface area (Å²) in [4.78, 5) is 19.1. The summed E-state index contributed by atoms with van der Waals surface area (Å²) >= 11 is 1.40. The standard InChI is InChI=1S/C19H33N3O3S/c1-5-22(6-2)12-8-10-16(4)20-19(25-14-13-24-7-3)21-18(23)17-11-9-15-26-17/h9,11,15-16H,5-8,10,12-14H2,1-4H3,(H,20,21,23)/p+1/t16-/m1/s1. The minimum absolute atomic E-state index is 0.0932. The molecule has 1 aromatic rings. The van der Waals surface area contributed by atoms with Crippen molar-refractivity contribution in [2.75, 3.05) is 39.5 Å². The summed E-state index contributed by atoms with van der Waals surface area (Å²) in [5.41, 5.74) is 0. The van der Waals surface area contributed by atoms with Gasteiger partial charge in [0, 0.05) is 6.61 Å². The van der Waals surface area contributed by atoms with E-state index >= 15 is 0 Å². The van der Waals surface area contributed by atoms with Crippen LogP contribution in [0.15, 0.2) is 22.5 Å². The maximum absolute atomic E-state index is 12.3. The highest BCUT2D eigenvalue weighted by molar-refractivity contribution is 7.12. The highest BCUT2D eigenvalue weighted by Gasteiger charge is 2.13. The zero-order valence-electron chi connectivity index (χ0n) is 16.5. The van der Waals surface area contributed by atoms with E-state index in [0.717, 1.165) is 32.5 Å². The number of hydrogen-bond acceptors (Lipinski definition) is 5. The molecule has 0 spiro atoms. The van der Waals surface area contributed by atoms with E-state index < -0.39 is 0 Å². The van der Waals surface area contributed by atoms with Crippen LogP contribution in [-0.4, -0.2) is 57.4 Å². The highest BCUT2D eigenvalue weighted by Crippen LogP contribution is 2.08. The fourth-order valence-electron chi connectivity index (χ4n) is 2.53. The number of amides is 1. The number of carbonyl (C=O) groups is 1. The van der Waals surface area contributed by atoms with Crippen LogP contribution >= 0.6 is 11.3 Å². The Kier molecular flexibility index (Phi) is 11.9. The van der Waals surface area contributed by atoms with Gasteiger partial charge in [0.15, 0.2) is 0 Å². The topological polar surface area (TPSA) is 64.4 Å². The van der Waals surface area contributed by atoms with E-state index in [4.69, 9.17) is 9.47 Å². The third kappa shape index (κ3) is 9.31. The third-order valence-corrected chi connectivity index (χ3v) is 4.99. The SMILES string of the molecule is CCOCCOC(=N[C@H](C)CCC[NH+](CC)CC)NC(=O)c1cccs1. The number of hydrogen-bond donors (Lipinski definition) is 2. The lowest BCUT2D eigenvalue weighted by Crippen LogP contribution is -3.11. The number of nitrogens with zero attached hydrogens (tertiary/aromatic N) is 1. The van der Waals surface area contributed by atoms with Crippen LogP contribution in [0.3, 0.4) is 0 Å². The zero-order valence-corrected chi connectivity index (χ0v) is 17.4. The van der Waals surface area contributed by atoms with Crippen LogP contribution in [0.2, 0.25) is 0 Å². The average molecular weight is 385 g/mol. The molecular weight excluding hydrogens is 350 g/mol. The van der Waals surface area contributed by atoms with E-state index in [9.17, 15) is 4.79 Å². The van der Waals surface area contributed by atoms with Crippen molar-refractivity contribution in [2.24, 2.45) is 4.99 Å². The van der Waals surface area contributed by atoms with E-state index in [1.807, 2.05) is 18.4 Å². The Morgan fingerprint density at radius 1 is 1.31 bits per heavy atom. The first-order valence-electron chi connectivity index (χ1n) is 9.57. The second-order valence-corrected chi connectivity index (χ2v) is 7.06. The molecule has 1 aromatic heterocycles. The van der Waals surface area contributed by atoms with Crippen LogP contribution in [0, 0.1) is 0 Å². The lowest BCUT2D eigenvalue weighted by Gasteiger charge is -2.16. The first-order chi connectivity index (χ1) is 12.6. The van der Waals surface area contributed by atoms with Crippen molar-refractivity contribution in [1.82, 2.24) is 5.32 Å². The van der Waals surface area contributed by atoms with Crippen molar-refractivity contribution in [3.05, 3.63) is 22.4 Å². The number of ether oxygens (including phenoxy) is 2. The van der Waals surface area contributed by atoms with Gasteiger partial charge < -0.3 is 14.4 Å². The molecule has 1 rings (SSSR count). The normalized spacial score (nSPS) is 13.0. The van der Waals surface area contributed by atoms with Crippen LogP contribution in [0.25, 0.3) is 0 Å². The molecule has 1 atom stereocenters. The molecule has 1 heterocycles. The fraction of sp³-hybridized carbons (Fsp3) is 0.684. The number of aliphatic imine (C=N–C) groups is 1. The third-order valence-electron chi connectivity index (χ3n) is 4.13. The number of nitrogens with one attached hydrogen (secondary N) is 2. The molecule has 2 N–H and O–H groups in total. The van der Waals surface area contributed by atoms with Crippen LogP contribution in [0.4, 0.5) is 0 Å². The minimum atomic E-state index is -0.185. The van der Waals surface area contributed by atoms with Crippen molar-refractivity contribution < 1.29 is 19.2 Å². The minimum Gasteiger partial charge on any atom is -0.463 e. The van der Waals surface area contributed by atoms with Crippen molar-refractivity contribution >= 4 is 23.3 Å². The fourth-order valence-corrected chi connectivity index (χ4v) is 3.15. The van der Waals surface area contributed by atoms with Crippen molar-refractivity contribution in [1.29, 1.82) is 0 Å². The zero-order chi connectivity index (χ0) is 19.2. The molecule has 148 valence electrons. The van der Waals surface area contributed by atoms with Gasteiger partial charge in [-0.1, -0.05) is 6.07 Å². The molecule has 0 aliphatic heterocycles. The molecule has 0 aromatic carbocycles. The Hall–Kier alpha value is -1.44. The van der Waals surface area contributed by atoms with E-state index in [-0.39, 0.29) is 18.0 Å². The Bertz CT molecular complexity index is 516. The summed E-state index contributed by atoms with van der Waals surface area (Å²) < 4.78 is 10.9. The first kappa shape index (κ1) is 22.6. The van der Waals surface area contributed by atoms with Crippen molar-refractivity contribution in [3.63, 3.8) is 0 Å². The molecule has 1 amide bonds. The van der Waals surface area contributed by atoms with Gasteiger partial charge in [0.05, 0.1) is 37.2 Å². The summed E-state index contributed by atoms with van der Waals surface area (Å²) in [7, 11) is 0. The summed E-state index contributed by atoms with van der Waals surface area (Å²) in [5.74, 6) is -0.185. The van der Waals surface area contributed by atoms with Gasteiger partial charge in [-0.05, 0) is 52.0 Å². The van der Waals surface area contributed by atoms with Gasteiger partial charge >= 0.3 is 0 Å². The molecule has 0 aliphatic rings. The van der Waals surface area contributed by atoms with Crippen molar-refractivity contribution in [3.8, 4) is 0 Å². The van der Waals surface area contributed by atoms with Crippen LogP contribution in [-0.2, 0) is 9.47 Å². The number of quaternary nitrogens is 1. The quantitative estimate of drug-likeness (QED) is 0.329. The number of amidine groups is 1. The Morgan fingerprint density at radius 3 is 2.69 bits per heavy atom. The van der Waals surface area contributed by atoms with Crippen LogP contribution in [0.1, 0.15) is 50.2 Å². The molecule has 0 saturated carbocycles. The van der Waals surface area contributed by atoms with Gasteiger partial charge in [-0.15, -0.1) is 11.3 Å². The van der Waals surface area contributed by atoms with Gasteiger partial charge in [-0.25, -0.2) is 4.99 Å². The lowest BCUT2D eigenvalue weighted by molar-refractivity contribution is -0.896. The van der Waals surface area contributed by atoms with Crippen LogP contribution < -0.4 is 10.2 Å². The van der Waals surface area contributed by atoms with Gasteiger partial charge in [0.25, 0.3) is 11.9 Å². The average Bonchev–Trinajstić information content (AvgIpc) is 3.17. The van der Waals surface area contributed by atoms with Gasteiger partial charge in [0.2, 0.25) is 0 Å². The molecule has 7 heteroatoms. The van der Waals surface area contributed by atoms with Gasteiger partial charge in [-0.2, -0.15) is 0 Å². The predicted octanol–water partition coefficient (Wildman–Crippen LogP) is 1.98. The van der Waals surface area contributed by atoms with Crippen LogP contribution in [0.5, 0.6) is 0 Å². The highest BCUT2D eigenvalue weighted by atomic mass is 32.1. The molecule has 6 nitrogen and oxygen atoms in total. The van der Waals surface area contributed by atoms with E-state index in [1.165, 1.54) is 11.3 Å². The van der Waals surface area contributed by atoms with Gasteiger partial charge in [-0.3, -0.25) is 10.1 Å². The lowest BCUT2D eigenvalue weighted by atomic mass is 10.2. The van der Waals surface area contributed by atoms with E-state index in [2.05, 4.69) is 31.1 Å². The molecule has 26 heavy (non-hydrogen) atoms. The Labute approximate surface area is 161 Å². The maximum Gasteiger partial charge on any atom is 0.292 e. The second kappa shape index (κ2) is 13.7. The summed E-state index contributed by atoms with van der Waals surface area (Å²) in [5, 5.41) is 4.66. The molecule has 0 bridgehead atoms. The van der Waals surface area contributed by atoms with Crippen molar-refractivity contribution in [2.45, 2.75) is 46.6 Å². The Morgan fingerprint density at radius 2 is 2.08 bits per heavy atom. The number of carbonyl (C=O) groups excluding carboxylic acids is 1. The molecule has 0 fully saturated rings. The molecule has 0 aliphatic carbocycles. The predicted molar refractivity (Wildman–Crippen MR) is 107 cm³/mol. The van der Waals surface area contributed by atoms with E-state index in [1.54, 1.807) is 11.0 Å². The Balaban J connectivity index is 2.57. The smallest absolute Gasteiger partial charge is 0.292 e. The maximum atomic E-state index is 12.3. The molecule has 0 radical (unpaired) electrons. The second-order valence-electron chi connectivity index (χ2n) is 6.11.